The minimum Gasteiger partial charge on any atom is -0.337 e. The van der Waals surface area contributed by atoms with Gasteiger partial charge in [0.2, 0.25) is 0 Å². The van der Waals surface area contributed by atoms with Gasteiger partial charge in [0, 0.05) is 29.7 Å². The molecule has 1 heterocycles. The van der Waals surface area contributed by atoms with Gasteiger partial charge in [-0.05, 0) is 49.2 Å². The minimum atomic E-state index is -3.86. The summed E-state index contributed by atoms with van der Waals surface area (Å²) in [4.78, 5) is 14.3. The van der Waals surface area contributed by atoms with Gasteiger partial charge in [-0.25, -0.2) is 8.42 Å². The summed E-state index contributed by atoms with van der Waals surface area (Å²) < 4.78 is 28.1. The maximum Gasteiger partial charge on any atom is 0.262 e. The molecule has 0 aromatic heterocycles. The van der Waals surface area contributed by atoms with E-state index in [1.54, 1.807) is 42.2 Å². The van der Waals surface area contributed by atoms with E-state index in [0.717, 1.165) is 6.42 Å². The molecule has 2 aromatic carbocycles. The van der Waals surface area contributed by atoms with E-state index in [0.29, 0.717) is 34.9 Å². The van der Waals surface area contributed by atoms with E-state index >= 15 is 0 Å². The fraction of sp³-hybridized carbons (Fsp3) is 0.278. The first-order valence-corrected chi connectivity index (χ1v) is 10.1. The lowest BCUT2D eigenvalue weighted by Crippen LogP contribution is -2.32. The molecule has 2 aromatic rings. The summed E-state index contributed by atoms with van der Waals surface area (Å²) in [6.45, 7) is 2.75. The van der Waals surface area contributed by atoms with Gasteiger partial charge in [0.25, 0.3) is 15.9 Å². The molecule has 0 aliphatic carbocycles. The standard InChI is InChI=1S/C18H20ClN3O3S.ClH/c1-12-5-6-13(18(23)22-8-7-15(20)11-22)9-17(12)26(24,25)21-16-4-2-3-14(19)10-16;/h2-6,9-10,15,21H,7-8,11,20H2,1H3;1H/t15-;/m1./s1. The molecule has 1 amide bonds. The van der Waals surface area contributed by atoms with Gasteiger partial charge >= 0.3 is 0 Å². The van der Waals surface area contributed by atoms with Gasteiger partial charge in [-0.1, -0.05) is 23.7 Å². The lowest BCUT2D eigenvalue weighted by atomic mass is 10.1. The molecule has 1 aliphatic rings. The Balaban J connectivity index is 0.00000261. The number of sulfonamides is 1. The van der Waals surface area contributed by atoms with Crippen LogP contribution in [0.2, 0.25) is 5.02 Å². The maximum atomic E-state index is 12.8. The predicted molar refractivity (Wildman–Crippen MR) is 109 cm³/mol. The number of amides is 1. The smallest absolute Gasteiger partial charge is 0.262 e. The Bertz CT molecular complexity index is 951. The number of hydrogen-bond donors (Lipinski definition) is 2. The normalized spacial score (nSPS) is 16.7. The van der Waals surface area contributed by atoms with E-state index in [4.69, 9.17) is 17.3 Å². The Morgan fingerprint density at radius 2 is 2.00 bits per heavy atom. The molecule has 3 rings (SSSR count). The molecule has 27 heavy (non-hydrogen) atoms. The van der Waals surface area contributed by atoms with Crippen LogP contribution >= 0.6 is 24.0 Å². The van der Waals surface area contributed by atoms with Crippen molar-refractivity contribution in [1.29, 1.82) is 0 Å². The summed E-state index contributed by atoms with van der Waals surface area (Å²) >= 11 is 5.91. The van der Waals surface area contributed by atoms with Crippen LogP contribution in [-0.4, -0.2) is 38.4 Å². The van der Waals surface area contributed by atoms with Crippen molar-refractivity contribution in [1.82, 2.24) is 4.90 Å². The quantitative estimate of drug-likeness (QED) is 0.780. The number of anilines is 1. The molecule has 0 saturated carbocycles. The molecule has 1 saturated heterocycles. The molecule has 0 spiro atoms. The lowest BCUT2D eigenvalue weighted by molar-refractivity contribution is 0.0790. The molecule has 1 fully saturated rings. The molecule has 0 radical (unpaired) electrons. The number of nitrogens with one attached hydrogen (secondary N) is 1. The zero-order chi connectivity index (χ0) is 18.9. The minimum absolute atomic E-state index is 0. The highest BCUT2D eigenvalue weighted by Gasteiger charge is 2.26. The van der Waals surface area contributed by atoms with E-state index in [9.17, 15) is 13.2 Å². The number of carbonyl (C=O) groups is 1. The van der Waals surface area contributed by atoms with E-state index < -0.39 is 10.0 Å². The topological polar surface area (TPSA) is 92.5 Å². The van der Waals surface area contributed by atoms with Gasteiger partial charge in [-0.2, -0.15) is 0 Å². The van der Waals surface area contributed by atoms with Crippen LogP contribution in [0.1, 0.15) is 22.3 Å². The molecular weight excluding hydrogens is 409 g/mol. The van der Waals surface area contributed by atoms with Crippen LogP contribution in [0.4, 0.5) is 5.69 Å². The molecule has 0 bridgehead atoms. The van der Waals surface area contributed by atoms with Crippen molar-refractivity contribution in [2.75, 3.05) is 17.8 Å². The molecular formula is C18H21Cl2N3O3S. The zero-order valence-corrected chi connectivity index (χ0v) is 17.1. The number of carbonyl (C=O) groups excluding carboxylic acids is 1. The first-order chi connectivity index (χ1) is 12.3. The van der Waals surface area contributed by atoms with E-state index in [1.165, 1.54) is 12.1 Å². The first kappa shape index (κ1) is 21.5. The summed E-state index contributed by atoms with van der Waals surface area (Å²) in [5.41, 5.74) is 7.09. The Morgan fingerprint density at radius 1 is 1.26 bits per heavy atom. The van der Waals surface area contributed by atoms with Crippen LogP contribution in [0.25, 0.3) is 0 Å². The summed E-state index contributed by atoms with van der Waals surface area (Å²) in [5.74, 6) is -0.211. The Labute approximate surface area is 170 Å². The number of likely N-dealkylation sites (tertiary alicyclic amines) is 1. The predicted octanol–water partition coefficient (Wildman–Crippen LogP) is 3.04. The largest absolute Gasteiger partial charge is 0.337 e. The third-order valence-electron chi connectivity index (χ3n) is 4.31. The van der Waals surface area contributed by atoms with E-state index in [1.807, 2.05) is 0 Å². The number of halogens is 2. The number of rotatable bonds is 4. The van der Waals surface area contributed by atoms with Crippen molar-refractivity contribution in [3.8, 4) is 0 Å². The van der Waals surface area contributed by atoms with Gasteiger partial charge in [0.15, 0.2) is 0 Å². The summed E-state index contributed by atoms with van der Waals surface area (Å²) in [7, 11) is -3.86. The molecule has 3 N–H and O–H groups in total. The Hall–Kier alpha value is -1.80. The van der Waals surface area contributed by atoms with Crippen molar-refractivity contribution in [2.45, 2.75) is 24.3 Å². The maximum absolute atomic E-state index is 12.8. The average molecular weight is 430 g/mol. The zero-order valence-electron chi connectivity index (χ0n) is 14.7. The number of hydrogen-bond acceptors (Lipinski definition) is 4. The highest BCUT2D eigenvalue weighted by molar-refractivity contribution is 7.92. The average Bonchev–Trinajstić information content (AvgIpc) is 3.00. The molecule has 6 nitrogen and oxygen atoms in total. The third-order valence-corrected chi connectivity index (χ3v) is 6.07. The molecule has 1 aliphatic heterocycles. The summed E-state index contributed by atoms with van der Waals surface area (Å²) in [5, 5.41) is 0.427. The van der Waals surface area contributed by atoms with Gasteiger partial charge in [-0.15, -0.1) is 12.4 Å². The van der Waals surface area contributed by atoms with Gasteiger partial charge in [0.1, 0.15) is 0 Å². The molecule has 146 valence electrons. The fourth-order valence-corrected chi connectivity index (χ4v) is 4.45. The summed E-state index contributed by atoms with van der Waals surface area (Å²) in [6, 6.07) is 11.1. The van der Waals surface area contributed by atoms with Crippen molar-refractivity contribution < 1.29 is 13.2 Å². The van der Waals surface area contributed by atoms with Crippen LogP contribution < -0.4 is 10.5 Å². The Morgan fingerprint density at radius 3 is 2.63 bits per heavy atom. The number of nitrogens with two attached hydrogens (primary N) is 1. The van der Waals surface area contributed by atoms with Crippen LogP contribution in [0.3, 0.4) is 0 Å². The third kappa shape index (κ3) is 4.93. The van der Waals surface area contributed by atoms with Crippen molar-refractivity contribution in [2.24, 2.45) is 5.73 Å². The highest BCUT2D eigenvalue weighted by atomic mass is 35.5. The second-order valence-corrected chi connectivity index (χ2v) is 8.48. The van der Waals surface area contributed by atoms with E-state index in [-0.39, 0.29) is 29.3 Å². The van der Waals surface area contributed by atoms with Crippen LogP contribution in [0.15, 0.2) is 47.4 Å². The van der Waals surface area contributed by atoms with Crippen LogP contribution in [-0.2, 0) is 10.0 Å². The fourth-order valence-electron chi connectivity index (χ4n) is 2.94. The monoisotopic (exact) mass is 429 g/mol. The second-order valence-electron chi connectivity index (χ2n) is 6.40. The second kappa shape index (κ2) is 8.48. The SMILES string of the molecule is Cc1ccc(C(=O)N2CC[C@@H](N)C2)cc1S(=O)(=O)Nc1cccc(Cl)c1.Cl. The molecule has 1 atom stereocenters. The number of nitrogens with zero attached hydrogens (tertiary/aromatic N) is 1. The van der Waals surface area contributed by atoms with Crippen molar-refractivity contribution in [3.05, 3.63) is 58.6 Å². The van der Waals surface area contributed by atoms with Crippen molar-refractivity contribution >= 4 is 45.6 Å². The van der Waals surface area contributed by atoms with Gasteiger partial charge in [-0.3, -0.25) is 9.52 Å². The van der Waals surface area contributed by atoms with Crippen LogP contribution in [0, 0.1) is 6.92 Å². The highest BCUT2D eigenvalue weighted by Crippen LogP contribution is 2.23. The van der Waals surface area contributed by atoms with Crippen LogP contribution in [0.5, 0.6) is 0 Å². The number of aryl methyl sites for hydroxylation is 1. The number of benzene rings is 2. The Kier molecular flexibility index (Phi) is 6.75. The lowest BCUT2D eigenvalue weighted by Gasteiger charge is -2.17. The van der Waals surface area contributed by atoms with Gasteiger partial charge < -0.3 is 10.6 Å². The van der Waals surface area contributed by atoms with Crippen molar-refractivity contribution in [3.63, 3.8) is 0 Å². The summed E-state index contributed by atoms with van der Waals surface area (Å²) in [6.07, 6.45) is 0.749. The molecule has 0 unspecified atom stereocenters. The van der Waals surface area contributed by atoms with Gasteiger partial charge in [0.05, 0.1) is 10.6 Å². The molecule has 9 heteroatoms. The first-order valence-electron chi connectivity index (χ1n) is 8.20. The van der Waals surface area contributed by atoms with E-state index in [2.05, 4.69) is 4.72 Å².